The predicted molar refractivity (Wildman–Crippen MR) is 238 cm³/mol. The molecular weight excluding hydrogens is 753 g/mol. The Labute approximate surface area is 352 Å². The van der Waals surface area contributed by atoms with Crippen LogP contribution < -0.4 is 18.9 Å². The average molecular weight is 803 g/mol. The van der Waals surface area contributed by atoms with Gasteiger partial charge in [-0.15, -0.1) is 0 Å². The molecule has 0 aliphatic heterocycles. The van der Waals surface area contributed by atoms with E-state index in [1.807, 2.05) is 113 Å². The van der Waals surface area contributed by atoms with Crippen LogP contribution in [0, 0.1) is 27.7 Å². The minimum absolute atomic E-state index is 0.102. The van der Waals surface area contributed by atoms with Crippen molar-refractivity contribution in [2.45, 2.75) is 33.8 Å². The molecular formula is C52H50O8. The highest BCUT2D eigenvalue weighted by molar-refractivity contribution is 5.82. The van der Waals surface area contributed by atoms with Crippen LogP contribution >= 0.6 is 0 Å². The summed E-state index contributed by atoms with van der Waals surface area (Å²) in [6.07, 6.45) is 2.62. The van der Waals surface area contributed by atoms with Gasteiger partial charge in [0.2, 0.25) is 6.79 Å². The molecule has 0 aliphatic carbocycles. The van der Waals surface area contributed by atoms with E-state index in [9.17, 15) is 9.59 Å². The normalized spacial score (nSPS) is 10.8. The summed E-state index contributed by atoms with van der Waals surface area (Å²) in [5, 5.41) is 0. The molecule has 6 aromatic rings. The maximum absolute atomic E-state index is 12.2. The van der Waals surface area contributed by atoms with Gasteiger partial charge in [0.05, 0.1) is 6.26 Å². The summed E-state index contributed by atoms with van der Waals surface area (Å²) in [5.41, 5.74) is 10.6. The molecule has 0 heterocycles. The summed E-state index contributed by atoms with van der Waals surface area (Å²) in [6, 6.07) is 44.7. The van der Waals surface area contributed by atoms with Crippen molar-refractivity contribution in [3.63, 3.8) is 0 Å². The van der Waals surface area contributed by atoms with E-state index in [0.717, 1.165) is 91.3 Å². The molecule has 306 valence electrons. The van der Waals surface area contributed by atoms with Crippen LogP contribution in [0.2, 0.25) is 0 Å². The number of carbonyl (C=O) groups excluding carboxylic acids is 2. The molecule has 0 bridgehead atoms. The van der Waals surface area contributed by atoms with Crippen molar-refractivity contribution >= 4 is 11.9 Å². The number of benzene rings is 6. The fourth-order valence-electron chi connectivity index (χ4n) is 6.42. The van der Waals surface area contributed by atoms with Crippen LogP contribution in [0.1, 0.15) is 22.3 Å². The minimum atomic E-state index is -0.650. The quantitative estimate of drug-likeness (QED) is 0.0390. The fourth-order valence-corrected chi connectivity index (χ4v) is 6.42. The van der Waals surface area contributed by atoms with Gasteiger partial charge in [-0.1, -0.05) is 105 Å². The second-order valence-corrected chi connectivity index (χ2v) is 13.8. The number of esters is 2. The average Bonchev–Trinajstić information content (AvgIpc) is 3.27. The third-order valence-electron chi connectivity index (χ3n) is 9.27. The Bertz CT molecular complexity index is 2320. The Morgan fingerprint density at radius 2 is 0.883 bits per heavy atom. The fraction of sp³-hybridized carbons (Fsp3) is 0.154. The van der Waals surface area contributed by atoms with Gasteiger partial charge in [-0.25, -0.2) is 9.59 Å². The van der Waals surface area contributed by atoms with Gasteiger partial charge in [-0.3, -0.25) is 0 Å². The predicted octanol–water partition coefficient (Wildman–Crippen LogP) is 11.8. The van der Waals surface area contributed by atoms with E-state index >= 15 is 0 Å². The highest BCUT2D eigenvalue weighted by Gasteiger charge is 2.18. The molecule has 0 amide bonds. The highest BCUT2D eigenvalue weighted by Crippen LogP contribution is 2.35. The van der Waals surface area contributed by atoms with Crippen molar-refractivity contribution < 1.29 is 38.0 Å². The summed E-state index contributed by atoms with van der Waals surface area (Å²) in [5.74, 6) is 1.95. The molecule has 0 fully saturated rings. The highest BCUT2D eigenvalue weighted by atomic mass is 16.7. The van der Waals surface area contributed by atoms with E-state index in [-0.39, 0.29) is 20.0 Å². The molecule has 60 heavy (non-hydrogen) atoms. The first-order chi connectivity index (χ1) is 29.1. The maximum atomic E-state index is 12.2. The minimum Gasteiger partial charge on any atom is -0.490 e. The van der Waals surface area contributed by atoms with Gasteiger partial charge in [0, 0.05) is 12.2 Å². The molecule has 0 saturated heterocycles. The zero-order chi connectivity index (χ0) is 42.9. The number of hydrogen-bond acceptors (Lipinski definition) is 8. The lowest BCUT2D eigenvalue weighted by atomic mass is 9.96. The zero-order valence-electron chi connectivity index (χ0n) is 34.5. The number of aryl methyl sites for hydroxylation is 4. The molecule has 1 atom stereocenters. The summed E-state index contributed by atoms with van der Waals surface area (Å²) < 4.78 is 34.1. The van der Waals surface area contributed by atoms with Crippen molar-refractivity contribution in [1.29, 1.82) is 0 Å². The van der Waals surface area contributed by atoms with Gasteiger partial charge < -0.3 is 28.4 Å². The van der Waals surface area contributed by atoms with E-state index in [4.69, 9.17) is 23.7 Å². The Morgan fingerprint density at radius 1 is 0.483 bits per heavy atom. The van der Waals surface area contributed by atoms with Crippen LogP contribution in [0.3, 0.4) is 0 Å². The van der Waals surface area contributed by atoms with Gasteiger partial charge in [0.15, 0.2) is 6.10 Å². The Hall–Kier alpha value is -7.32. The summed E-state index contributed by atoms with van der Waals surface area (Å²) in [4.78, 5) is 22.2. The van der Waals surface area contributed by atoms with E-state index < -0.39 is 18.0 Å². The first-order valence-corrected chi connectivity index (χ1v) is 19.4. The Balaban J connectivity index is 0.000000896. The molecule has 0 aromatic heterocycles. The van der Waals surface area contributed by atoms with E-state index in [1.54, 1.807) is 0 Å². The number of hydrogen-bond donors (Lipinski definition) is 0. The SMILES string of the molecule is C=CC(=O)OC(COc1ccc(-c2ccccc2)cc1)COc1c(C)cc(-c2cc(C)c(OCOc3ccc(-c4ccccc4)cc3)c(C)c2)cc1C.C=COC(=O)C=C. The van der Waals surface area contributed by atoms with Crippen LogP contribution in [-0.2, 0) is 19.1 Å². The number of rotatable bonds is 17. The Kier molecular flexibility index (Phi) is 16.1. The smallest absolute Gasteiger partial charge is 0.334 e. The first kappa shape index (κ1) is 43.8. The van der Waals surface area contributed by atoms with Crippen molar-refractivity contribution in [1.82, 2.24) is 0 Å². The molecule has 0 spiro atoms. The van der Waals surface area contributed by atoms with Gasteiger partial charge in [0.1, 0.15) is 36.2 Å². The van der Waals surface area contributed by atoms with Gasteiger partial charge in [-0.05, 0) is 132 Å². The molecule has 0 aliphatic rings. The molecule has 0 radical (unpaired) electrons. The van der Waals surface area contributed by atoms with Crippen molar-refractivity contribution in [3.05, 3.63) is 194 Å². The summed E-state index contributed by atoms with van der Waals surface area (Å²) >= 11 is 0. The van der Waals surface area contributed by atoms with E-state index in [0.29, 0.717) is 5.75 Å². The van der Waals surface area contributed by atoms with Crippen LogP contribution in [0.25, 0.3) is 33.4 Å². The molecule has 6 rings (SSSR count). The lowest BCUT2D eigenvalue weighted by Gasteiger charge is -2.21. The van der Waals surface area contributed by atoms with Crippen LogP contribution in [0.15, 0.2) is 172 Å². The molecule has 8 nitrogen and oxygen atoms in total. The number of ether oxygens (including phenoxy) is 6. The topological polar surface area (TPSA) is 89.5 Å². The van der Waals surface area contributed by atoms with Crippen molar-refractivity contribution in [2.24, 2.45) is 0 Å². The third-order valence-corrected chi connectivity index (χ3v) is 9.27. The Morgan fingerprint density at radius 3 is 1.30 bits per heavy atom. The lowest BCUT2D eigenvalue weighted by molar-refractivity contribution is -0.146. The molecule has 8 heteroatoms. The molecule has 0 N–H and O–H groups in total. The first-order valence-electron chi connectivity index (χ1n) is 19.4. The van der Waals surface area contributed by atoms with Gasteiger partial charge in [0.25, 0.3) is 0 Å². The van der Waals surface area contributed by atoms with Crippen LogP contribution in [-0.4, -0.2) is 38.0 Å². The molecule has 6 aromatic carbocycles. The number of carbonyl (C=O) groups is 2. The monoisotopic (exact) mass is 802 g/mol. The van der Waals surface area contributed by atoms with Gasteiger partial charge >= 0.3 is 11.9 Å². The van der Waals surface area contributed by atoms with E-state index in [1.165, 1.54) is 0 Å². The third kappa shape index (κ3) is 12.6. The molecule has 1 unspecified atom stereocenters. The van der Waals surface area contributed by atoms with E-state index in [2.05, 4.69) is 73.0 Å². The largest absolute Gasteiger partial charge is 0.490 e. The molecule has 0 saturated carbocycles. The summed E-state index contributed by atoms with van der Waals surface area (Å²) in [6.45, 7) is 18.3. The summed E-state index contributed by atoms with van der Waals surface area (Å²) in [7, 11) is 0. The van der Waals surface area contributed by atoms with Crippen molar-refractivity contribution in [2.75, 3.05) is 20.0 Å². The van der Waals surface area contributed by atoms with Crippen molar-refractivity contribution in [3.8, 4) is 56.4 Å². The lowest BCUT2D eigenvalue weighted by Crippen LogP contribution is -2.30. The van der Waals surface area contributed by atoms with Crippen LogP contribution in [0.5, 0.6) is 23.0 Å². The zero-order valence-corrected chi connectivity index (χ0v) is 34.5. The maximum Gasteiger partial charge on any atom is 0.334 e. The van der Waals surface area contributed by atoms with Crippen LogP contribution in [0.4, 0.5) is 0 Å². The van der Waals surface area contributed by atoms with Gasteiger partial charge in [-0.2, -0.15) is 0 Å². The second-order valence-electron chi connectivity index (χ2n) is 13.8. The standard InChI is InChI=1S/C47H44O6.C5H6O2/c1-6-45(48)53-44(29-49-42-21-17-38(18-22-42)36-13-9-7-10-14-36)30-50-46-32(2)25-40(26-33(46)3)41-27-34(4)47(35(5)28-41)52-31-51-43-23-19-39(20-24-43)37-15-11-8-12-16-37;1-3-5(6)7-4-2/h6-28,44H,1,29-31H2,2-5H3;3-4H,1-2H2. The second kappa shape index (κ2) is 22.0.